The van der Waals surface area contributed by atoms with Gasteiger partial charge in [-0.2, -0.15) is 0 Å². The minimum atomic E-state index is 0.0914. The van der Waals surface area contributed by atoms with E-state index < -0.39 is 0 Å². The number of benzene rings is 1. The van der Waals surface area contributed by atoms with Crippen molar-refractivity contribution < 1.29 is 14.3 Å². The third kappa shape index (κ3) is 4.78. The highest BCUT2D eigenvalue weighted by atomic mass is 16.5. The van der Waals surface area contributed by atoms with Crippen molar-refractivity contribution in [1.29, 1.82) is 0 Å². The highest BCUT2D eigenvalue weighted by Gasteiger charge is 2.09. The van der Waals surface area contributed by atoms with E-state index in [1.54, 1.807) is 32.4 Å². The highest BCUT2D eigenvalue weighted by Crippen LogP contribution is 2.27. The molecule has 1 rings (SSSR count). The maximum Gasteiger partial charge on any atom is 0.166 e. The summed E-state index contributed by atoms with van der Waals surface area (Å²) >= 11 is 0. The van der Waals surface area contributed by atoms with Crippen LogP contribution in [0, 0.1) is 0 Å². The van der Waals surface area contributed by atoms with Crippen molar-refractivity contribution >= 4 is 5.78 Å². The van der Waals surface area contributed by atoms with E-state index in [4.69, 9.17) is 9.47 Å². The number of ether oxygens (including phenoxy) is 2. The fourth-order valence-electron chi connectivity index (χ4n) is 1.76. The van der Waals surface area contributed by atoms with Crippen LogP contribution in [0.25, 0.3) is 0 Å². The molecular weight excluding hydrogens is 240 g/mol. The van der Waals surface area contributed by atoms with Crippen molar-refractivity contribution in [3.8, 4) is 11.5 Å². The van der Waals surface area contributed by atoms with Gasteiger partial charge in [-0.05, 0) is 24.6 Å². The number of carbonyl (C=O) groups is 1. The van der Waals surface area contributed by atoms with E-state index in [9.17, 15) is 4.79 Å². The first-order valence-electron chi connectivity index (χ1n) is 6.63. The number of carbonyl (C=O) groups excluding carboxylic acids is 1. The minimum Gasteiger partial charge on any atom is -0.493 e. The second-order valence-electron chi connectivity index (χ2n) is 4.31. The van der Waals surface area contributed by atoms with Crippen LogP contribution < -0.4 is 9.47 Å². The van der Waals surface area contributed by atoms with E-state index in [0.717, 1.165) is 6.42 Å². The molecule has 0 N–H and O–H groups in total. The summed E-state index contributed by atoms with van der Waals surface area (Å²) in [6, 6.07) is 5.25. The molecule has 3 nitrogen and oxygen atoms in total. The molecule has 3 heteroatoms. The van der Waals surface area contributed by atoms with Crippen LogP contribution in [0.5, 0.6) is 11.5 Å². The third-order valence-electron chi connectivity index (χ3n) is 2.90. The standard InChI is InChI=1S/C16H22O3/c1-4-5-6-7-8-9-14(17)13-10-11-15(18-2)16(12-13)19-3/h7-8,10-12H,4-6,9H2,1-3H3/b8-7-. The predicted octanol–water partition coefficient (Wildman–Crippen LogP) is 4.02. The lowest BCUT2D eigenvalue weighted by Crippen LogP contribution is -1.99. The molecular formula is C16H22O3. The van der Waals surface area contributed by atoms with Crippen LogP contribution in [0.15, 0.2) is 30.4 Å². The Balaban J connectivity index is 2.64. The number of rotatable bonds is 8. The first kappa shape index (κ1) is 15.3. The van der Waals surface area contributed by atoms with E-state index in [-0.39, 0.29) is 5.78 Å². The third-order valence-corrected chi connectivity index (χ3v) is 2.90. The average molecular weight is 262 g/mol. The van der Waals surface area contributed by atoms with E-state index in [1.165, 1.54) is 12.8 Å². The van der Waals surface area contributed by atoms with Crippen LogP contribution >= 0.6 is 0 Å². The molecule has 19 heavy (non-hydrogen) atoms. The van der Waals surface area contributed by atoms with Crippen LogP contribution in [-0.4, -0.2) is 20.0 Å². The van der Waals surface area contributed by atoms with Gasteiger partial charge in [-0.1, -0.05) is 31.9 Å². The SMILES string of the molecule is CCCC/C=C\CC(=O)c1ccc(OC)c(OC)c1. The highest BCUT2D eigenvalue weighted by molar-refractivity contribution is 5.97. The zero-order chi connectivity index (χ0) is 14.1. The lowest BCUT2D eigenvalue weighted by Gasteiger charge is -2.08. The molecule has 0 bridgehead atoms. The van der Waals surface area contributed by atoms with Crippen LogP contribution in [0.4, 0.5) is 0 Å². The fourth-order valence-corrected chi connectivity index (χ4v) is 1.76. The van der Waals surface area contributed by atoms with Gasteiger partial charge >= 0.3 is 0 Å². The Bertz CT molecular complexity index is 436. The summed E-state index contributed by atoms with van der Waals surface area (Å²) < 4.78 is 10.3. The molecule has 0 aliphatic rings. The first-order valence-corrected chi connectivity index (χ1v) is 6.63. The molecule has 0 amide bonds. The number of hydrogen-bond acceptors (Lipinski definition) is 3. The molecule has 0 aliphatic carbocycles. The van der Waals surface area contributed by atoms with Crippen molar-refractivity contribution in [1.82, 2.24) is 0 Å². The summed E-state index contributed by atoms with van der Waals surface area (Å²) in [7, 11) is 3.15. The molecule has 0 saturated carbocycles. The monoisotopic (exact) mass is 262 g/mol. The Labute approximate surface area is 115 Å². The summed E-state index contributed by atoms with van der Waals surface area (Å²) in [5, 5.41) is 0. The van der Waals surface area contributed by atoms with Crippen molar-refractivity contribution in [2.75, 3.05) is 14.2 Å². The van der Waals surface area contributed by atoms with E-state index in [2.05, 4.69) is 13.0 Å². The maximum absolute atomic E-state index is 12.0. The van der Waals surface area contributed by atoms with Crippen molar-refractivity contribution in [3.63, 3.8) is 0 Å². The van der Waals surface area contributed by atoms with Gasteiger partial charge < -0.3 is 9.47 Å². The number of allylic oxidation sites excluding steroid dienone is 2. The Kier molecular flexibility index (Phi) is 6.72. The molecule has 0 radical (unpaired) electrons. The lowest BCUT2D eigenvalue weighted by molar-refractivity contribution is 0.0995. The second kappa shape index (κ2) is 8.35. The van der Waals surface area contributed by atoms with Gasteiger partial charge in [-0.25, -0.2) is 0 Å². The van der Waals surface area contributed by atoms with Crippen molar-refractivity contribution in [3.05, 3.63) is 35.9 Å². The second-order valence-corrected chi connectivity index (χ2v) is 4.31. The molecule has 1 aromatic carbocycles. The maximum atomic E-state index is 12.0. The summed E-state index contributed by atoms with van der Waals surface area (Å²) in [5.41, 5.74) is 0.651. The molecule has 0 unspecified atom stereocenters. The predicted molar refractivity (Wildman–Crippen MR) is 77.2 cm³/mol. The zero-order valence-electron chi connectivity index (χ0n) is 11.9. The first-order chi connectivity index (χ1) is 9.22. The van der Waals surface area contributed by atoms with Gasteiger partial charge in [0.1, 0.15) is 0 Å². The summed E-state index contributed by atoms with van der Waals surface area (Å²) in [5.74, 6) is 1.31. The summed E-state index contributed by atoms with van der Waals surface area (Å²) in [4.78, 5) is 12.0. The van der Waals surface area contributed by atoms with E-state index >= 15 is 0 Å². The van der Waals surface area contributed by atoms with E-state index in [1.807, 2.05) is 6.08 Å². The summed E-state index contributed by atoms with van der Waals surface area (Å²) in [6.45, 7) is 2.16. The topological polar surface area (TPSA) is 35.5 Å². The van der Waals surface area contributed by atoms with Crippen LogP contribution in [0.2, 0.25) is 0 Å². The lowest BCUT2D eigenvalue weighted by atomic mass is 10.1. The van der Waals surface area contributed by atoms with E-state index in [0.29, 0.717) is 23.5 Å². The Hall–Kier alpha value is -1.77. The molecule has 0 heterocycles. The van der Waals surface area contributed by atoms with Gasteiger partial charge in [-0.15, -0.1) is 0 Å². The van der Waals surface area contributed by atoms with Crippen molar-refractivity contribution in [2.24, 2.45) is 0 Å². The van der Waals surface area contributed by atoms with Gasteiger partial charge in [0.25, 0.3) is 0 Å². The van der Waals surface area contributed by atoms with Crippen LogP contribution in [0.1, 0.15) is 43.0 Å². The van der Waals surface area contributed by atoms with Gasteiger partial charge in [-0.3, -0.25) is 4.79 Å². The largest absolute Gasteiger partial charge is 0.493 e. The smallest absolute Gasteiger partial charge is 0.166 e. The zero-order valence-corrected chi connectivity index (χ0v) is 11.9. The molecule has 0 spiro atoms. The van der Waals surface area contributed by atoms with Crippen LogP contribution in [-0.2, 0) is 0 Å². The molecule has 0 saturated heterocycles. The van der Waals surface area contributed by atoms with Gasteiger partial charge in [0.05, 0.1) is 14.2 Å². The number of methoxy groups -OCH3 is 2. The van der Waals surface area contributed by atoms with Gasteiger partial charge in [0, 0.05) is 12.0 Å². The number of ketones is 1. The summed E-state index contributed by atoms with van der Waals surface area (Å²) in [6.07, 6.45) is 7.82. The Morgan fingerprint density at radius 1 is 1.16 bits per heavy atom. The molecule has 104 valence electrons. The normalized spacial score (nSPS) is 10.7. The van der Waals surface area contributed by atoms with Gasteiger partial charge in [0.15, 0.2) is 17.3 Å². The average Bonchev–Trinajstić information content (AvgIpc) is 2.46. The molecule has 0 aromatic heterocycles. The Morgan fingerprint density at radius 2 is 1.89 bits per heavy atom. The molecule has 1 aromatic rings. The van der Waals surface area contributed by atoms with Crippen molar-refractivity contribution in [2.45, 2.75) is 32.6 Å². The fraction of sp³-hybridized carbons (Fsp3) is 0.438. The molecule has 0 atom stereocenters. The number of Topliss-reactive ketones (excluding diaryl/α,β-unsaturated/α-hetero) is 1. The quantitative estimate of drug-likeness (QED) is 0.403. The molecule has 0 aliphatic heterocycles. The number of hydrogen-bond donors (Lipinski definition) is 0. The van der Waals surface area contributed by atoms with Gasteiger partial charge in [0.2, 0.25) is 0 Å². The number of unbranched alkanes of at least 4 members (excludes halogenated alkanes) is 2. The molecule has 0 fully saturated rings. The van der Waals surface area contributed by atoms with Crippen LogP contribution in [0.3, 0.4) is 0 Å². The minimum absolute atomic E-state index is 0.0914. The Morgan fingerprint density at radius 3 is 2.53 bits per heavy atom.